The molecular formula is C21H25N5O. The molecule has 1 atom stereocenters. The molecule has 0 saturated carbocycles. The molecule has 0 aliphatic carbocycles. The number of rotatable bonds is 4. The first kappa shape index (κ1) is 16.6. The van der Waals surface area contributed by atoms with Gasteiger partial charge in [0.2, 0.25) is 5.91 Å². The van der Waals surface area contributed by atoms with Crippen molar-refractivity contribution in [1.82, 2.24) is 24.6 Å². The lowest BCUT2D eigenvalue weighted by Gasteiger charge is -2.50. The van der Waals surface area contributed by atoms with Crippen molar-refractivity contribution in [1.29, 1.82) is 0 Å². The molecule has 2 fully saturated rings. The van der Waals surface area contributed by atoms with Crippen LogP contribution in [0, 0.1) is 0 Å². The largest absolute Gasteiger partial charge is 0.361 e. The fraction of sp³-hybridized carbons (Fsp3) is 0.429. The smallest absolute Gasteiger partial charge is 0.227 e. The molecule has 27 heavy (non-hydrogen) atoms. The molecule has 6 heteroatoms. The quantitative estimate of drug-likeness (QED) is 0.774. The number of fused-ring (bicyclic) bond motifs is 1. The van der Waals surface area contributed by atoms with E-state index in [1.807, 2.05) is 36.3 Å². The van der Waals surface area contributed by atoms with Crippen LogP contribution in [0.3, 0.4) is 0 Å². The minimum Gasteiger partial charge on any atom is -0.361 e. The second kappa shape index (κ2) is 6.23. The molecule has 5 rings (SSSR count). The third-order valence-corrected chi connectivity index (χ3v) is 6.35. The van der Waals surface area contributed by atoms with Crippen LogP contribution in [-0.2, 0) is 24.8 Å². The Hall–Kier alpha value is -2.60. The molecule has 0 bridgehead atoms. The van der Waals surface area contributed by atoms with Gasteiger partial charge in [-0.1, -0.05) is 18.2 Å². The van der Waals surface area contributed by atoms with Gasteiger partial charge in [0.15, 0.2) is 0 Å². The minimum absolute atomic E-state index is 0.172. The Bertz CT molecular complexity index is 989. The summed E-state index contributed by atoms with van der Waals surface area (Å²) in [5.41, 5.74) is 3.61. The fourth-order valence-corrected chi connectivity index (χ4v) is 4.69. The number of aryl methyl sites for hydroxylation is 1. The molecule has 4 heterocycles. The zero-order chi connectivity index (χ0) is 18.4. The minimum atomic E-state index is 0.172. The van der Waals surface area contributed by atoms with Gasteiger partial charge < -0.3 is 9.88 Å². The molecule has 2 aromatic heterocycles. The molecule has 3 aromatic rings. The maximum absolute atomic E-state index is 12.9. The van der Waals surface area contributed by atoms with E-state index >= 15 is 0 Å². The summed E-state index contributed by atoms with van der Waals surface area (Å²) in [4.78, 5) is 20.8. The van der Waals surface area contributed by atoms with E-state index in [0.29, 0.717) is 6.42 Å². The van der Waals surface area contributed by atoms with Crippen LogP contribution in [0.4, 0.5) is 0 Å². The van der Waals surface area contributed by atoms with Crippen molar-refractivity contribution >= 4 is 16.8 Å². The van der Waals surface area contributed by atoms with Crippen molar-refractivity contribution in [2.75, 3.05) is 19.6 Å². The van der Waals surface area contributed by atoms with E-state index in [0.717, 1.165) is 49.1 Å². The Morgan fingerprint density at radius 2 is 2.11 bits per heavy atom. The highest BCUT2D eigenvalue weighted by atomic mass is 16.2. The van der Waals surface area contributed by atoms with Gasteiger partial charge in [0.1, 0.15) is 0 Å². The van der Waals surface area contributed by atoms with E-state index in [4.69, 9.17) is 0 Å². The molecule has 2 aliphatic rings. The highest BCUT2D eigenvalue weighted by molar-refractivity contribution is 5.89. The van der Waals surface area contributed by atoms with E-state index in [-0.39, 0.29) is 11.4 Å². The van der Waals surface area contributed by atoms with Crippen LogP contribution in [0.25, 0.3) is 10.9 Å². The number of carbonyl (C=O) groups excluding carboxylic acids is 1. The molecule has 0 radical (unpaired) electrons. The van der Waals surface area contributed by atoms with E-state index in [9.17, 15) is 4.79 Å². The lowest BCUT2D eigenvalue weighted by Crippen LogP contribution is -2.60. The number of benzene rings is 1. The summed E-state index contributed by atoms with van der Waals surface area (Å²) in [6, 6.07) is 8.18. The normalized spacial score (nSPS) is 22.6. The molecule has 1 amide bonds. The number of carbonyl (C=O) groups is 1. The third kappa shape index (κ3) is 2.84. The first-order valence-corrected chi connectivity index (χ1v) is 9.68. The SMILES string of the molecule is Cn1cc(CN2CC[C@]23CCN(C(=O)Cc2c[nH]c4ccccc24)C3)cn1. The van der Waals surface area contributed by atoms with Crippen molar-refractivity contribution in [2.45, 2.75) is 31.3 Å². The van der Waals surface area contributed by atoms with E-state index in [2.05, 4.69) is 38.2 Å². The van der Waals surface area contributed by atoms with Gasteiger partial charge in [-0.15, -0.1) is 0 Å². The second-order valence-corrected chi connectivity index (χ2v) is 8.02. The van der Waals surface area contributed by atoms with Crippen molar-refractivity contribution < 1.29 is 4.79 Å². The van der Waals surface area contributed by atoms with Crippen LogP contribution in [-0.4, -0.2) is 55.6 Å². The van der Waals surface area contributed by atoms with Gasteiger partial charge in [0.05, 0.1) is 12.6 Å². The molecule has 2 saturated heterocycles. The Kier molecular flexibility index (Phi) is 3.82. The molecule has 1 spiro atoms. The maximum atomic E-state index is 12.9. The van der Waals surface area contributed by atoms with Gasteiger partial charge in [0.25, 0.3) is 0 Å². The van der Waals surface area contributed by atoms with Gasteiger partial charge in [0, 0.05) is 67.6 Å². The number of nitrogens with zero attached hydrogens (tertiary/aromatic N) is 4. The third-order valence-electron chi connectivity index (χ3n) is 6.35. The number of nitrogens with one attached hydrogen (secondary N) is 1. The van der Waals surface area contributed by atoms with Crippen LogP contribution < -0.4 is 0 Å². The molecular weight excluding hydrogens is 338 g/mol. The number of para-hydroxylation sites is 1. The first-order chi connectivity index (χ1) is 13.1. The molecule has 0 unspecified atom stereocenters. The standard InChI is InChI=1S/C21H25N5O/c1-24-13-16(11-23-24)14-26-9-7-21(26)6-8-25(15-21)20(27)10-17-12-22-19-5-3-2-4-18(17)19/h2-5,11-13,22H,6-10,14-15H2,1H3/t21-/m0/s1. The molecule has 1 aromatic carbocycles. The maximum Gasteiger partial charge on any atom is 0.227 e. The van der Waals surface area contributed by atoms with Gasteiger partial charge in [-0.3, -0.25) is 14.4 Å². The van der Waals surface area contributed by atoms with Gasteiger partial charge >= 0.3 is 0 Å². The summed E-state index contributed by atoms with van der Waals surface area (Å²) in [6.07, 6.45) is 8.74. The monoisotopic (exact) mass is 363 g/mol. The topological polar surface area (TPSA) is 57.2 Å². The van der Waals surface area contributed by atoms with E-state index < -0.39 is 0 Å². The number of aromatic amines is 1. The van der Waals surface area contributed by atoms with Crippen molar-refractivity contribution in [3.8, 4) is 0 Å². The van der Waals surface area contributed by atoms with Crippen LogP contribution in [0.5, 0.6) is 0 Å². The predicted octanol–water partition coefficient (Wildman–Crippen LogP) is 2.32. The summed E-state index contributed by atoms with van der Waals surface area (Å²) < 4.78 is 1.85. The molecule has 1 N–H and O–H groups in total. The number of hydrogen-bond donors (Lipinski definition) is 1. The summed E-state index contributed by atoms with van der Waals surface area (Å²) >= 11 is 0. The zero-order valence-electron chi connectivity index (χ0n) is 15.7. The number of amides is 1. The average Bonchev–Trinajstić information content (AvgIpc) is 3.38. The summed E-state index contributed by atoms with van der Waals surface area (Å²) in [7, 11) is 1.95. The molecule has 6 nitrogen and oxygen atoms in total. The van der Waals surface area contributed by atoms with E-state index in [1.54, 1.807) is 0 Å². The highest BCUT2D eigenvalue weighted by Gasteiger charge is 2.49. The Labute approximate surface area is 158 Å². The second-order valence-electron chi connectivity index (χ2n) is 8.02. The van der Waals surface area contributed by atoms with Crippen molar-refractivity contribution in [3.05, 3.63) is 54.0 Å². The lowest BCUT2D eigenvalue weighted by molar-refractivity contribution is -0.130. The van der Waals surface area contributed by atoms with Crippen LogP contribution in [0.2, 0.25) is 0 Å². The zero-order valence-corrected chi connectivity index (χ0v) is 15.7. The lowest BCUT2D eigenvalue weighted by atomic mass is 9.83. The van der Waals surface area contributed by atoms with E-state index in [1.165, 1.54) is 12.0 Å². The molecule has 140 valence electrons. The molecule has 2 aliphatic heterocycles. The fourth-order valence-electron chi connectivity index (χ4n) is 4.69. The number of likely N-dealkylation sites (tertiary alicyclic amines) is 2. The predicted molar refractivity (Wildman–Crippen MR) is 104 cm³/mol. The summed E-state index contributed by atoms with van der Waals surface area (Å²) in [5, 5.41) is 5.43. The number of H-pyrrole nitrogens is 1. The van der Waals surface area contributed by atoms with Gasteiger partial charge in [-0.25, -0.2) is 0 Å². The Balaban J connectivity index is 1.25. The Morgan fingerprint density at radius 1 is 1.26 bits per heavy atom. The first-order valence-electron chi connectivity index (χ1n) is 9.68. The van der Waals surface area contributed by atoms with Crippen LogP contribution in [0.1, 0.15) is 24.0 Å². The van der Waals surface area contributed by atoms with Crippen LogP contribution in [0.15, 0.2) is 42.9 Å². The Morgan fingerprint density at radius 3 is 2.89 bits per heavy atom. The number of aromatic nitrogens is 3. The van der Waals surface area contributed by atoms with Crippen molar-refractivity contribution in [3.63, 3.8) is 0 Å². The van der Waals surface area contributed by atoms with Gasteiger partial charge in [-0.05, 0) is 24.5 Å². The van der Waals surface area contributed by atoms with Crippen LogP contribution >= 0.6 is 0 Å². The highest BCUT2D eigenvalue weighted by Crippen LogP contribution is 2.40. The van der Waals surface area contributed by atoms with Gasteiger partial charge in [-0.2, -0.15) is 5.10 Å². The average molecular weight is 363 g/mol. The summed E-state index contributed by atoms with van der Waals surface area (Å²) in [5.74, 6) is 0.241. The van der Waals surface area contributed by atoms with Crippen molar-refractivity contribution in [2.24, 2.45) is 7.05 Å². The number of hydrogen-bond acceptors (Lipinski definition) is 3. The summed E-state index contributed by atoms with van der Waals surface area (Å²) in [6.45, 7) is 3.76.